The monoisotopic (exact) mass is 207 g/mol. The Morgan fingerprint density at radius 1 is 1.07 bits per heavy atom. The van der Waals surface area contributed by atoms with Crippen LogP contribution in [0.25, 0.3) is 0 Å². The lowest BCUT2D eigenvalue weighted by molar-refractivity contribution is 1.01. The van der Waals surface area contributed by atoms with Crippen molar-refractivity contribution in [3.63, 3.8) is 0 Å². The summed E-state index contributed by atoms with van der Waals surface area (Å²) in [6.07, 6.45) is 2.32. The lowest BCUT2D eigenvalue weighted by Gasteiger charge is -2.21. The summed E-state index contributed by atoms with van der Waals surface area (Å²) in [5.41, 5.74) is 4.53. The van der Waals surface area contributed by atoms with E-state index in [0.717, 1.165) is 16.7 Å². The molecule has 2 heteroatoms. The van der Waals surface area contributed by atoms with Gasteiger partial charge in [-0.3, -0.25) is 0 Å². The fraction of sp³-hybridized carbons (Fsp3) is 0.500. The molecular weight excluding hydrogens is 186 g/mol. The first-order chi connectivity index (χ1) is 6.61. The van der Waals surface area contributed by atoms with Crippen LogP contribution < -0.4 is 10.1 Å². The van der Waals surface area contributed by atoms with Gasteiger partial charge < -0.3 is 4.90 Å². The minimum Gasteiger partial charge on any atom is -0.377 e. The maximum atomic E-state index is 2.29. The van der Waals surface area contributed by atoms with Gasteiger partial charge in [-0.05, 0) is 30.0 Å². The zero-order valence-electron chi connectivity index (χ0n) is 10.0. The van der Waals surface area contributed by atoms with Gasteiger partial charge in [0, 0.05) is 30.0 Å². The first-order valence-corrected chi connectivity index (χ1v) is 6.40. The summed E-state index contributed by atoms with van der Waals surface area (Å²) in [4.78, 5) is 2.22. The van der Waals surface area contributed by atoms with Crippen molar-refractivity contribution in [1.29, 1.82) is 0 Å². The Hall–Kier alpha value is -0.763. The van der Waals surface area contributed by atoms with E-state index in [9.17, 15) is 0 Å². The molecule has 0 aliphatic carbocycles. The number of nitrogens with zero attached hydrogens (tertiary/aromatic N) is 1. The van der Waals surface area contributed by atoms with Gasteiger partial charge in [-0.15, -0.1) is 0 Å². The van der Waals surface area contributed by atoms with E-state index < -0.39 is 0 Å². The van der Waals surface area contributed by atoms with Gasteiger partial charge in [0.2, 0.25) is 0 Å². The highest BCUT2D eigenvalue weighted by Gasteiger charge is 2.08. The Labute approximate surface area is 90.6 Å². The van der Waals surface area contributed by atoms with E-state index in [1.807, 2.05) is 0 Å². The van der Waals surface area contributed by atoms with Gasteiger partial charge in [-0.2, -0.15) is 0 Å². The summed E-state index contributed by atoms with van der Waals surface area (Å²) < 4.78 is 0. The Bertz CT molecular complexity index is 318. The Kier molecular flexibility index (Phi) is 3.75. The SMILES string of the molecule is CCc1c([SiH3])ccc(N(C)C)c1CC. The molecule has 0 unspecified atom stereocenters. The van der Waals surface area contributed by atoms with Gasteiger partial charge in [0.05, 0.1) is 0 Å². The third-order valence-corrected chi connectivity index (χ3v) is 3.77. The van der Waals surface area contributed by atoms with E-state index in [2.05, 4.69) is 45.0 Å². The molecule has 0 saturated carbocycles. The van der Waals surface area contributed by atoms with Gasteiger partial charge in [-0.1, -0.05) is 25.1 Å². The van der Waals surface area contributed by atoms with Crippen molar-refractivity contribution < 1.29 is 0 Å². The second-order valence-corrected chi connectivity index (χ2v) is 5.04. The third-order valence-electron chi connectivity index (χ3n) is 2.83. The molecule has 1 nitrogen and oxygen atoms in total. The van der Waals surface area contributed by atoms with Crippen LogP contribution in [-0.2, 0) is 12.8 Å². The van der Waals surface area contributed by atoms with Crippen molar-refractivity contribution >= 4 is 21.1 Å². The molecule has 0 amide bonds. The molecule has 0 aliphatic heterocycles. The topological polar surface area (TPSA) is 3.24 Å². The quantitative estimate of drug-likeness (QED) is 0.665. The number of benzene rings is 1. The summed E-state index contributed by atoms with van der Waals surface area (Å²) in [7, 11) is 5.41. The largest absolute Gasteiger partial charge is 0.377 e. The minimum absolute atomic E-state index is 1.15. The van der Waals surface area contributed by atoms with E-state index in [1.165, 1.54) is 12.1 Å². The standard InChI is InChI=1S/C12H21NSi/c1-5-9-10(6-2)12(14)8-7-11(9)13(3)4/h7-8H,5-6H2,1-4,14H3. The van der Waals surface area contributed by atoms with Crippen molar-refractivity contribution in [2.45, 2.75) is 26.7 Å². The second kappa shape index (κ2) is 4.65. The van der Waals surface area contributed by atoms with Gasteiger partial charge >= 0.3 is 0 Å². The molecule has 0 spiro atoms. The molecule has 0 aliphatic rings. The van der Waals surface area contributed by atoms with Crippen molar-refractivity contribution in [2.24, 2.45) is 0 Å². The summed E-state index contributed by atoms with van der Waals surface area (Å²) in [6, 6.07) is 4.56. The molecular formula is C12H21NSi. The number of rotatable bonds is 3. The van der Waals surface area contributed by atoms with Gasteiger partial charge in [0.1, 0.15) is 0 Å². The summed E-state index contributed by atoms with van der Waals surface area (Å²) in [5.74, 6) is 0. The van der Waals surface area contributed by atoms with Crippen LogP contribution in [0.5, 0.6) is 0 Å². The maximum absolute atomic E-state index is 2.29. The molecule has 0 atom stereocenters. The molecule has 0 bridgehead atoms. The Morgan fingerprint density at radius 2 is 1.64 bits per heavy atom. The lowest BCUT2D eigenvalue weighted by Crippen LogP contribution is -2.18. The lowest BCUT2D eigenvalue weighted by atomic mass is 10.0. The van der Waals surface area contributed by atoms with E-state index in [0.29, 0.717) is 0 Å². The fourth-order valence-corrected chi connectivity index (χ4v) is 2.93. The average Bonchev–Trinajstić information content (AvgIpc) is 2.16. The van der Waals surface area contributed by atoms with Crippen LogP contribution >= 0.6 is 0 Å². The van der Waals surface area contributed by atoms with Crippen LogP contribution in [0.2, 0.25) is 0 Å². The number of anilines is 1. The van der Waals surface area contributed by atoms with Crippen LogP contribution in [-0.4, -0.2) is 24.3 Å². The van der Waals surface area contributed by atoms with Crippen molar-refractivity contribution in [3.05, 3.63) is 23.3 Å². The highest BCUT2D eigenvalue weighted by atomic mass is 28.1. The van der Waals surface area contributed by atoms with Crippen molar-refractivity contribution in [2.75, 3.05) is 19.0 Å². The van der Waals surface area contributed by atoms with Crippen LogP contribution in [0.1, 0.15) is 25.0 Å². The molecule has 0 radical (unpaired) electrons. The molecule has 0 saturated heterocycles. The molecule has 78 valence electrons. The first kappa shape index (κ1) is 11.3. The number of hydrogen-bond donors (Lipinski definition) is 0. The molecule has 0 N–H and O–H groups in total. The highest BCUT2D eigenvalue weighted by Crippen LogP contribution is 2.21. The minimum atomic E-state index is 1.15. The predicted octanol–water partition coefficient (Wildman–Crippen LogP) is 0.868. The van der Waals surface area contributed by atoms with Crippen molar-refractivity contribution in [1.82, 2.24) is 0 Å². The summed E-state index contributed by atoms with van der Waals surface area (Å²) in [5, 5.41) is 1.56. The van der Waals surface area contributed by atoms with Crippen molar-refractivity contribution in [3.8, 4) is 0 Å². The molecule has 1 aromatic rings. The van der Waals surface area contributed by atoms with E-state index >= 15 is 0 Å². The molecule has 0 heterocycles. The fourth-order valence-electron chi connectivity index (χ4n) is 2.10. The van der Waals surface area contributed by atoms with Crippen LogP contribution in [0.4, 0.5) is 5.69 Å². The zero-order valence-corrected chi connectivity index (χ0v) is 12.0. The highest BCUT2D eigenvalue weighted by molar-refractivity contribution is 6.33. The zero-order chi connectivity index (χ0) is 10.7. The average molecular weight is 207 g/mol. The second-order valence-electron chi connectivity index (χ2n) is 3.96. The van der Waals surface area contributed by atoms with Gasteiger partial charge in [-0.25, -0.2) is 0 Å². The summed E-state index contributed by atoms with van der Waals surface area (Å²) in [6.45, 7) is 4.51. The Balaban J connectivity index is 3.33. The van der Waals surface area contributed by atoms with Crippen LogP contribution in [0.15, 0.2) is 12.1 Å². The molecule has 0 fully saturated rings. The molecule has 1 aromatic carbocycles. The predicted molar refractivity (Wildman–Crippen MR) is 69.1 cm³/mol. The van der Waals surface area contributed by atoms with Crippen LogP contribution in [0.3, 0.4) is 0 Å². The smallest absolute Gasteiger partial charge is 0.0396 e. The number of hydrogen-bond acceptors (Lipinski definition) is 1. The van der Waals surface area contributed by atoms with E-state index in [1.54, 1.807) is 16.3 Å². The van der Waals surface area contributed by atoms with Crippen LogP contribution in [0, 0.1) is 0 Å². The normalized spacial score (nSPS) is 10.6. The first-order valence-electron chi connectivity index (χ1n) is 5.40. The molecule has 1 rings (SSSR count). The van der Waals surface area contributed by atoms with E-state index in [-0.39, 0.29) is 0 Å². The Morgan fingerprint density at radius 3 is 2.07 bits per heavy atom. The van der Waals surface area contributed by atoms with Gasteiger partial charge in [0.15, 0.2) is 0 Å². The summed E-state index contributed by atoms with van der Waals surface area (Å²) >= 11 is 0. The maximum Gasteiger partial charge on any atom is 0.0396 e. The third kappa shape index (κ3) is 2.00. The van der Waals surface area contributed by atoms with E-state index in [4.69, 9.17) is 0 Å². The molecule has 14 heavy (non-hydrogen) atoms. The van der Waals surface area contributed by atoms with Gasteiger partial charge in [0.25, 0.3) is 0 Å². The molecule has 0 aromatic heterocycles.